The minimum Gasteiger partial charge on any atom is -0.337 e. The van der Waals surface area contributed by atoms with Crippen molar-refractivity contribution in [3.8, 4) is 11.4 Å². The predicted molar refractivity (Wildman–Crippen MR) is 112 cm³/mol. The Kier molecular flexibility index (Phi) is 5.36. The molecule has 1 unspecified atom stereocenters. The van der Waals surface area contributed by atoms with Crippen LogP contribution in [0.5, 0.6) is 0 Å². The zero-order valence-electron chi connectivity index (χ0n) is 17.2. The molecule has 30 heavy (non-hydrogen) atoms. The zero-order valence-corrected chi connectivity index (χ0v) is 17.9. The van der Waals surface area contributed by atoms with Crippen LogP contribution in [0, 0.1) is 5.82 Å². The second-order valence-electron chi connectivity index (χ2n) is 8.61. The van der Waals surface area contributed by atoms with E-state index < -0.39 is 5.82 Å². The van der Waals surface area contributed by atoms with Crippen molar-refractivity contribution in [1.29, 1.82) is 0 Å². The van der Waals surface area contributed by atoms with Crippen LogP contribution in [0.3, 0.4) is 0 Å². The van der Waals surface area contributed by atoms with E-state index in [1.807, 2.05) is 0 Å². The quantitative estimate of drug-likeness (QED) is 0.536. The monoisotopic (exact) mass is 427 g/mol. The standard InChI is InChI=1S/C23H23ClFN3O2/c1-23(2,3)16-7-4-14(5-8-16)13-28-19(10-11-20(28)29)22-26-21(27-30-22)15-6-9-18(25)17(24)12-15/h4-9,12,19H,10-11,13H2,1-3H3. The Balaban J connectivity index is 1.55. The van der Waals surface area contributed by atoms with Gasteiger partial charge in [0, 0.05) is 18.5 Å². The minimum atomic E-state index is -0.505. The summed E-state index contributed by atoms with van der Waals surface area (Å²) in [6.45, 7) is 6.99. The van der Waals surface area contributed by atoms with Gasteiger partial charge in [-0.05, 0) is 41.2 Å². The average molecular weight is 428 g/mol. The number of amides is 1. The summed E-state index contributed by atoms with van der Waals surface area (Å²) in [5.74, 6) is 0.252. The van der Waals surface area contributed by atoms with E-state index in [9.17, 15) is 9.18 Å². The molecule has 2 aromatic carbocycles. The summed E-state index contributed by atoms with van der Waals surface area (Å²) < 4.78 is 18.9. The number of likely N-dealkylation sites (tertiary alicyclic amines) is 1. The number of halogens is 2. The molecule has 7 heteroatoms. The maximum Gasteiger partial charge on any atom is 0.249 e. The van der Waals surface area contributed by atoms with Gasteiger partial charge in [-0.2, -0.15) is 4.98 Å². The number of carbonyl (C=O) groups excluding carboxylic acids is 1. The number of benzene rings is 2. The molecule has 0 spiro atoms. The van der Waals surface area contributed by atoms with E-state index in [-0.39, 0.29) is 22.4 Å². The van der Waals surface area contributed by atoms with Crippen molar-refractivity contribution in [2.75, 3.05) is 0 Å². The summed E-state index contributed by atoms with van der Waals surface area (Å²) in [4.78, 5) is 18.8. The Hall–Kier alpha value is -2.73. The van der Waals surface area contributed by atoms with Crippen LogP contribution in [0.15, 0.2) is 47.0 Å². The SMILES string of the molecule is CC(C)(C)c1ccc(CN2C(=O)CCC2c2nc(-c3ccc(F)c(Cl)c3)no2)cc1. The van der Waals surface area contributed by atoms with E-state index in [0.717, 1.165) is 5.56 Å². The first-order valence-corrected chi connectivity index (χ1v) is 10.3. The van der Waals surface area contributed by atoms with Crippen LogP contribution < -0.4 is 0 Å². The van der Waals surface area contributed by atoms with Gasteiger partial charge in [-0.15, -0.1) is 0 Å². The van der Waals surface area contributed by atoms with E-state index in [1.165, 1.54) is 17.7 Å². The maximum absolute atomic E-state index is 13.4. The van der Waals surface area contributed by atoms with Crippen molar-refractivity contribution < 1.29 is 13.7 Å². The van der Waals surface area contributed by atoms with Gasteiger partial charge in [-0.3, -0.25) is 4.79 Å². The molecule has 0 N–H and O–H groups in total. The Morgan fingerprint density at radius 2 is 1.93 bits per heavy atom. The van der Waals surface area contributed by atoms with Crippen LogP contribution in [0.1, 0.15) is 56.7 Å². The summed E-state index contributed by atoms with van der Waals surface area (Å²) in [5.41, 5.74) is 2.93. The van der Waals surface area contributed by atoms with Crippen LogP contribution in [0.25, 0.3) is 11.4 Å². The highest BCUT2D eigenvalue weighted by molar-refractivity contribution is 6.31. The third-order valence-corrected chi connectivity index (χ3v) is 5.70. The molecular formula is C23H23ClFN3O2. The number of carbonyl (C=O) groups is 1. The van der Waals surface area contributed by atoms with Crippen molar-refractivity contribution in [3.05, 3.63) is 70.3 Å². The maximum atomic E-state index is 13.4. The molecule has 1 aromatic heterocycles. The molecule has 1 atom stereocenters. The second kappa shape index (κ2) is 7.84. The lowest BCUT2D eigenvalue weighted by atomic mass is 9.87. The molecule has 1 aliphatic heterocycles. The normalized spacial score (nSPS) is 17.0. The van der Waals surface area contributed by atoms with Gasteiger partial charge in [-0.25, -0.2) is 4.39 Å². The smallest absolute Gasteiger partial charge is 0.249 e. The van der Waals surface area contributed by atoms with Gasteiger partial charge < -0.3 is 9.42 Å². The zero-order chi connectivity index (χ0) is 21.5. The highest BCUT2D eigenvalue weighted by Gasteiger charge is 2.36. The van der Waals surface area contributed by atoms with Crippen molar-refractivity contribution >= 4 is 17.5 Å². The van der Waals surface area contributed by atoms with E-state index >= 15 is 0 Å². The molecule has 1 saturated heterocycles. The largest absolute Gasteiger partial charge is 0.337 e. The number of hydrogen-bond donors (Lipinski definition) is 0. The van der Waals surface area contributed by atoms with Crippen LogP contribution in [-0.2, 0) is 16.8 Å². The van der Waals surface area contributed by atoms with Crippen LogP contribution in [-0.4, -0.2) is 20.9 Å². The summed E-state index contributed by atoms with van der Waals surface area (Å²) >= 11 is 5.86. The fourth-order valence-corrected chi connectivity index (χ4v) is 3.80. The van der Waals surface area contributed by atoms with E-state index in [1.54, 1.807) is 11.0 Å². The Bertz CT molecular complexity index is 1070. The molecule has 0 aliphatic carbocycles. The fourth-order valence-electron chi connectivity index (χ4n) is 3.62. The molecule has 0 saturated carbocycles. The molecule has 4 rings (SSSR count). The fraction of sp³-hybridized carbons (Fsp3) is 0.348. The van der Waals surface area contributed by atoms with Crippen LogP contribution >= 0.6 is 11.6 Å². The Morgan fingerprint density at radius 3 is 2.60 bits per heavy atom. The molecule has 1 amide bonds. The lowest BCUT2D eigenvalue weighted by molar-refractivity contribution is -0.129. The molecule has 156 valence electrons. The molecule has 3 aromatic rings. The molecule has 1 fully saturated rings. The minimum absolute atomic E-state index is 0.00442. The first-order chi connectivity index (χ1) is 14.2. The molecule has 0 bridgehead atoms. The van der Waals surface area contributed by atoms with Gasteiger partial charge in [0.05, 0.1) is 5.02 Å². The van der Waals surface area contributed by atoms with Gasteiger partial charge >= 0.3 is 0 Å². The predicted octanol–water partition coefficient (Wildman–Crippen LogP) is 5.69. The number of hydrogen-bond acceptors (Lipinski definition) is 4. The topological polar surface area (TPSA) is 59.2 Å². The highest BCUT2D eigenvalue weighted by atomic mass is 35.5. The Labute approximate surface area is 179 Å². The third kappa shape index (κ3) is 4.10. The van der Waals surface area contributed by atoms with Gasteiger partial charge in [0.15, 0.2) is 0 Å². The molecule has 1 aliphatic rings. The van der Waals surface area contributed by atoms with Gasteiger partial charge in [0.1, 0.15) is 11.9 Å². The van der Waals surface area contributed by atoms with E-state index in [0.29, 0.717) is 36.7 Å². The van der Waals surface area contributed by atoms with Crippen molar-refractivity contribution in [2.24, 2.45) is 0 Å². The van der Waals surface area contributed by atoms with Crippen LogP contribution in [0.4, 0.5) is 4.39 Å². The van der Waals surface area contributed by atoms with Crippen LogP contribution in [0.2, 0.25) is 5.02 Å². The highest BCUT2D eigenvalue weighted by Crippen LogP contribution is 2.35. The van der Waals surface area contributed by atoms with Crippen molar-refractivity contribution in [1.82, 2.24) is 15.0 Å². The molecule has 2 heterocycles. The van der Waals surface area contributed by atoms with Crippen molar-refractivity contribution in [3.63, 3.8) is 0 Å². The summed E-state index contributed by atoms with van der Waals surface area (Å²) in [7, 11) is 0. The van der Waals surface area contributed by atoms with Crippen molar-refractivity contribution in [2.45, 2.75) is 51.6 Å². The van der Waals surface area contributed by atoms with Gasteiger partial charge in [0.25, 0.3) is 0 Å². The molecule has 5 nitrogen and oxygen atoms in total. The molecular weight excluding hydrogens is 405 g/mol. The summed E-state index contributed by atoms with van der Waals surface area (Å²) in [5, 5.41) is 4.00. The third-order valence-electron chi connectivity index (χ3n) is 5.41. The van der Waals surface area contributed by atoms with Gasteiger partial charge in [0.2, 0.25) is 17.6 Å². The van der Waals surface area contributed by atoms with Gasteiger partial charge in [-0.1, -0.05) is 61.8 Å². The van der Waals surface area contributed by atoms with E-state index in [4.69, 9.17) is 16.1 Å². The lowest BCUT2D eigenvalue weighted by Gasteiger charge is -2.23. The first kappa shape index (κ1) is 20.5. The number of nitrogens with zero attached hydrogens (tertiary/aromatic N) is 3. The second-order valence-corrected chi connectivity index (χ2v) is 9.02. The molecule has 0 radical (unpaired) electrons. The Morgan fingerprint density at radius 1 is 1.20 bits per heavy atom. The first-order valence-electron chi connectivity index (χ1n) is 9.90. The number of rotatable bonds is 4. The lowest BCUT2D eigenvalue weighted by Crippen LogP contribution is -2.27. The van der Waals surface area contributed by atoms with E-state index in [2.05, 4.69) is 55.2 Å². The average Bonchev–Trinajstić information content (AvgIpc) is 3.31. The summed E-state index contributed by atoms with van der Waals surface area (Å²) in [6.07, 6.45) is 1.05. The summed E-state index contributed by atoms with van der Waals surface area (Å²) in [6, 6.07) is 12.3. The number of aromatic nitrogens is 2.